The van der Waals surface area contributed by atoms with Crippen LogP contribution in [-0.4, -0.2) is 40.7 Å². The standard InChI is InChI=1S/C20H24N2O2/c1-3-14-10-13-7-9-22(14)19(11-13)20(23)16-6-8-21-18-5-4-15(24-2)12-17(16)18/h3-6,8,12-14,19-20,23H,1,7,9-11H2,2H3/t13-,14+,19-,20+/m0/s1. The predicted molar refractivity (Wildman–Crippen MR) is 95.1 cm³/mol. The van der Waals surface area contributed by atoms with Gasteiger partial charge in [0.2, 0.25) is 0 Å². The van der Waals surface area contributed by atoms with Crippen molar-refractivity contribution in [3.05, 3.63) is 48.7 Å². The maximum absolute atomic E-state index is 11.2. The number of hydrogen-bond acceptors (Lipinski definition) is 4. The first-order valence-corrected chi connectivity index (χ1v) is 8.70. The number of piperidine rings is 3. The molecule has 0 saturated carbocycles. The van der Waals surface area contributed by atoms with Crippen LogP contribution in [0.4, 0.5) is 0 Å². The molecule has 1 aromatic heterocycles. The lowest BCUT2D eigenvalue weighted by molar-refractivity contribution is -0.0473. The number of ether oxygens (including phenoxy) is 1. The fourth-order valence-electron chi connectivity index (χ4n) is 4.48. The smallest absolute Gasteiger partial charge is 0.119 e. The number of benzene rings is 1. The summed E-state index contributed by atoms with van der Waals surface area (Å²) in [7, 11) is 1.66. The van der Waals surface area contributed by atoms with E-state index in [0.29, 0.717) is 12.0 Å². The molecule has 5 rings (SSSR count). The largest absolute Gasteiger partial charge is 0.497 e. The normalized spacial score (nSPS) is 30.2. The molecule has 4 heterocycles. The average Bonchev–Trinajstić information content (AvgIpc) is 2.66. The summed E-state index contributed by atoms with van der Waals surface area (Å²) >= 11 is 0. The fraction of sp³-hybridized carbons (Fsp3) is 0.450. The summed E-state index contributed by atoms with van der Waals surface area (Å²) in [6.07, 6.45) is 6.77. The topological polar surface area (TPSA) is 45.6 Å². The zero-order chi connectivity index (χ0) is 16.7. The SMILES string of the molecule is C=C[C@@H]1C[C@@H]2CCN1[C@H]([C@H](O)c1ccnc3ccc(OC)cc13)C2. The highest BCUT2D eigenvalue weighted by Crippen LogP contribution is 2.42. The van der Waals surface area contributed by atoms with E-state index < -0.39 is 6.10 Å². The first-order chi connectivity index (χ1) is 11.7. The highest BCUT2D eigenvalue weighted by molar-refractivity contribution is 5.83. The predicted octanol–water partition coefficient (Wildman–Crippen LogP) is 3.32. The number of pyridine rings is 1. The minimum atomic E-state index is -0.520. The quantitative estimate of drug-likeness (QED) is 0.877. The molecule has 1 N–H and O–H groups in total. The van der Waals surface area contributed by atoms with Crippen LogP contribution in [0.5, 0.6) is 5.75 Å². The van der Waals surface area contributed by atoms with Gasteiger partial charge in [0.05, 0.1) is 18.7 Å². The van der Waals surface area contributed by atoms with Crippen LogP contribution in [0.3, 0.4) is 0 Å². The van der Waals surface area contributed by atoms with Crippen LogP contribution in [0.25, 0.3) is 10.9 Å². The molecule has 2 aromatic rings. The summed E-state index contributed by atoms with van der Waals surface area (Å²) in [5, 5.41) is 12.2. The van der Waals surface area contributed by atoms with E-state index in [-0.39, 0.29) is 6.04 Å². The Hall–Kier alpha value is -1.91. The Labute approximate surface area is 142 Å². The summed E-state index contributed by atoms with van der Waals surface area (Å²) in [5.74, 6) is 1.48. The number of aromatic nitrogens is 1. The van der Waals surface area contributed by atoms with Crippen molar-refractivity contribution < 1.29 is 9.84 Å². The monoisotopic (exact) mass is 324 g/mol. The third-order valence-electron chi connectivity index (χ3n) is 5.73. The maximum atomic E-state index is 11.2. The van der Waals surface area contributed by atoms with Gasteiger partial charge in [-0.3, -0.25) is 9.88 Å². The van der Waals surface area contributed by atoms with Gasteiger partial charge in [-0.25, -0.2) is 0 Å². The van der Waals surface area contributed by atoms with Crippen LogP contribution in [-0.2, 0) is 0 Å². The van der Waals surface area contributed by atoms with Gasteiger partial charge in [-0.2, -0.15) is 0 Å². The van der Waals surface area contributed by atoms with Crippen LogP contribution in [0.1, 0.15) is 30.9 Å². The second kappa shape index (κ2) is 6.19. The van der Waals surface area contributed by atoms with E-state index in [1.54, 1.807) is 13.3 Å². The molecule has 2 bridgehead atoms. The Morgan fingerprint density at radius 1 is 1.38 bits per heavy atom. The Bertz CT molecular complexity index is 760. The van der Waals surface area contributed by atoms with Gasteiger partial charge in [0, 0.05) is 23.7 Å². The highest BCUT2D eigenvalue weighted by atomic mass is 16.5. The van der Waals surface area contributed by atoms with Crippen molar-refractivity contribution in [3.63, 3.8) is 0 Å². The molecule has 24 heavy (non-hydrogen) atoms. The molecule has 1 unspecified atom stereocenters. The first-order valence-electron chi connectivity index (χ1n) is 8.70. The molecule has 126 valence electrons. The molecule has 0 radical (unpaired) electrons. The van der Waals surface area contributed by atoms with Crippen molar-refractivity contribution in [1.29, 1.82) is 0 Å². The van der Waals surface area contributed by atoms with Gasteiger partial charge < -0.3 is 9.84 Å². The van der Waals surface area contributed by atoms with Gasteiger partial charge in [0.25, 0.3) is 0 Å². The average molecular weight is 324 g/mol. The Balaban J connectivity index is 1.73. The lowest BCUT2D eigenvalue weighted by Gasteiger charge is -2.51. The number of hydrogen-bond donors (Lipinski definition) is 1. The summed E-state index contributed by atoms with van der Waals surface area (Å²) in [6, 6.07) is 8.31. The molecule has 4 nitrogen and oxygen atoms in total. The number of nitrogens with zero attached hydrogens (tertiary/aromatic N) is 2. The zero-order valence-corrected chi connectivity index (χ0v) is 14.1. The van der Waals surface area contributed by atoms with Crippen LogP contribution < -0.4 is 4.74 Å². The minimum Gasteiger partial charge on any atom is -0.497 e. The van der Waals surface area contributed by atoms with E-state index in [4.69, 9.17) is 4.74 Å². The van der Waals surface area contributed by atoms with E-state index in [1.807, 2.05) is 30.3 Å². The maximum Gasteiger partial charge on any atom is 0.119 e. The molecular weight excluding hydrogens is 300 g/mol. The molecule has 1 aromatic carbocycles. The number of rotatable bonds is 4. The fourth-order valence-corrected chi connectivity index (χ4v) is 4.48. The van der Waals surface area contributed by atoms with E-state index in [1.165, 1.54) is 12.8 Å². The van der Waals surface area contributed by atoms with Gasteiger partial charge >= 0.3 is 0 Å². The lowest BCUT2D eigenvalue weighted by Crippen LogP contribution is -2.55. The summed E-state index contributed by atoms with van der Waals surface area (Å²) in [6.45, 7) is 5.04. The second-order valence-electron chi connectivity index (χ2n) is 6.96. The van der Waals surface area contributed by atoms with Gasteiger partial charge in [0.15, 0.2) is 0 Å². The third kappa shape index (κ3) is 2.50. The molecule has 3 saturated heterocycles. The van der Waals surface area contributed by atoms with Crippen LogP contribution in [0.15, 0.2) is 43.1 Å². The number of methoxy groups -OCH3 is 1. The molecule has 3 aliphatic rings. The summed E-state index contributed by atoms with van der Waals surface area (Å²) in [5.41, 5.74) is 1.84. The molecule has 3 aliphatic heterocycles. The molecule has 0 aliphatic carbocycles. The number of fused-ring (bicyclic) bond motifs is 4. The van der Waals surface area contributed by atoms with E-state index in [0.717, 1.165) is 35.2 Å². The van der Waals surface area contributed by atoms with Crippen molar-refractivity contribution in [2.45, 2.75) is 37.5 Å². The highest BCUT2D eigenvalue weighted by Gasteiger charge is 2.42. The first kappa shape index (κ1) is 15.6. The lowest BCUT2D eigenvalue weighted by atomic mass is 9.76. The molecule has 5 atom stereocenters. The van der Waals surface area contributed by atoms with Crippen molar-refractivity contribution >= 4 is 10.9 Å². The minimum absolute atomic E-state index is 0.150. The van der Waals surface area contributed by atoms with Crippen molar-refractivity contribution in [3.8, 4) is 5.75 Å². The van der Waals surface area contributed by atoms with E-state index in [2.05, 4.69) is 16.5 Å². The van der Waals surface area contributed by atoms with E-state index >= 15 is 0 Å². The summed E-state index contributed by atoms with van der Waals surface area (Å²) in [4.78, 5) is 6.86. The summed E-state index contributed by atoms with van der Waals surface area (Å²) < 4.78 is 5.35. The number of aliphatic hydroxyl groups is 1. The molecule has 3 fully saturated rings. The molecule has 4 heteroatoms. The number of aliphatic hydroxyl groups excluding tert-OH is 1. The van der Waals surface area contributed by atoms with Crippen molar-refractivity contribution in [1.82, 2.24) is 9.88 Å². The Morgan fingerprint density at radius 2 is 2.25 bits per heavy atom. The van der Waals surface area contributed by atoms with Crippen LogP contribution in [0, 0.1) is 5.92 Å². The van der Waals surface area contributed by atoms with Gasteiger partial charge in [-0.15, -0.1) is 6.58 Å². The molecule has 0 spiro atoms. The van der Waals surface area contributed by atoms with Crippen molar-refractivity contribution in [2.75, 3.05) is 13.7 Å². The van der Waals surface area contributed by atoms with Crippen molar-refractivity contribution in [2.24, 2.45) is 5.92 Å². The Morgan fingerprint density at radius 3 is 3.00 bits per heavy atom. The van der Waals surface area contributed by atoms with Gasteiger partial charge in [-0.1, -0.05) is 6.08 Å². The molecule has 0 amide bonds. The second-order valence-corrected chi connectivity index (χ2v) is 6.96. The van der Waals surface area contributed by atoms with E-state index in [9.17, 15) is 5.11 Å². The zero-order valence-electron chi connectivity index (χ0n) is 14.1. The van der Waals surface area contributed by atoms with Crippen LogP contribution in [0.2, 0.25) is 0 Å². The van der Waals surface area contributed by atoms with Gasteiger partial charge in [-0.05, 0) is 61.6 Å². The van der Waals surface area contributed by atoms with Gasteiger partial charge in [0.1, 0.15) is 5.75 Å². The molecular formula is C20H24N2O2. The Kier molecular flexibility index (Phi) is 4.02. The van der Waals surface area contributed by atoms with Crippen LogP contribution >= 0.6 is 0 Å². The third-order valence-corrected chi connectivity index (χ3v) is 5.73.